The fourth-order valence-electron chi connectivity index (χ4n) is 3.47. The first-order chi connectivity index (χ1) is 17.4. The van der Waals surface area contributed by atoms with Gasteiger partial charge in [-0.15, -0.1) is 0 Å². The Kier molecular flexibility index (Phi) is 10.1. The number of aromatic carboxylic acids is 1. The largest absolute Gasteiger partial charge is 1.00 e. The predicted molar refractivity (Wildman–Crippen MR) is 138 cm³/mol. The van der Waals surface area contributed by atoms with Crippen LogP contribution in [0, 0.1) is 0 Å². The third-order valence-corrected chi connectivity index (χ3v) is 5.74. The Morgan fingerprint density at radius 3 is 2.08 bits per heavy atom. The fourth-order valence-corrected chi connectivity index (χ4v) is 3.96. The Labute approximate surface area is 236 Å². The summed E-state index contributed by atoms with van der Waals surface area (Å²) in [4.78, 5) is 24.2. The first-order valence-corrected chi connectivity index (χ1v) is 11.7. The van der Waals surface area contributed by atoms with Crippen molar-refractivity contribution < 1.29 is 43.0 Å². The second-order valence-electron chi connectivity index (χ2n) is 7.66. The van der Waals surface area contributed by atoms with Crippen molar-refractivity contribution in [3.63, 3.8) is 0 Å². The van der Waals surface area contributed by atoms with Gasteiger partial charge in [-0.25, -0.2) is 0 Å². The summed E-state index contributed by atoms with van der Waals surface area (Å²) in [5.74, 6) is -1.07. The Bertz CT molecular complexity index is 1400. The molecule has 0 heterocycles. The summed E-state index contributed by atoms with van der Waals surface area (Å²) in [7, 11) is 0. The standard InChI is InChI=1S/C28H21Cl2NO5.Li/c29-20-9-11-23(25(30)16-20)27(32)31-26-12-10-22(17-24(26)28(33)34)36-14-13-35-21-8-4-7-19(15-21)18-5-2-1-3-6-18;/h1-12,15-17H,13-14H2,(H,31,32)(H,33,34);/q;+1/p-1. The minimum Gasteiger partial charge on any atom is -0.545 e. The van der Waals surface area contributed by atoms with E-state index in [2.05, 4.69) is 5.32 Å². The van der Waals surface area contributed by atoms with Gasteiger partial charge in [0.05, 0.1) is 22.2 Å². The first kappa shape index (κ1) is 28.2. The molecule has 4 aromatic rings. The van der Waals surface area contributed by atoms with Crippen LogP contribution in [0.25, 0.3) is 11.1 Å². The van der Waals surface area contributed by atoms with Gasteiger partial charge in [-0.05, 0) is 59.7 Å². The van der Waals surface area contributed by atoms with Gasteiger partial charge in [0, 0.05) is 10.6 Å². The van der Waals surface area contributed by atoms with Crippen LogP contribution in [0.4, 0.5) is 5.69 Å². The van der Waals surface area contributed by atoms with Gasteiger partial charge in [0.2, 0.25) is 0 Å². The monoisotopic (exact) mass is 527 g/mol. The van der Waals surface area contributed by atoms with E-state index in [0.717, 1.165) is 11.1 Å². The second kappa shape index (κ2) is 13.2. The molecular formula is C28H20Cl2LiNO5. The Morgan fingerprint density at radius 2 is 1.41 bits per heavy atom. The molecule has 0 aliphatic carbocycles. The van der Waals surface area contributed by atoms with Crippen molar-refractivity contribution in [3.05, 3.63) is 112 Å². The van der Waals surface area contributed by atoms with Crippen molar-refractivity contribution in [1.82, 2.24) is 0 Å². The van der Waals surface area contributed by atoms with Crippen LogP contribution in [-0.2, 0) is 0 Å². The molecule has 182 valence electrons. The summed E-state index contributed by atoms with van der Waals surface area (Å²) >= 11 is 11.9. The second-order valence-corrected chi connectivity index (χ2v) is 8.51. The number of carbonyl (C=O) groups is 2. The molecule has 4 aromatic carbocycles. The minimum absolute atomic E-state index is 0. The van der Waals surface area contributed by atoms with E-state index >= 15 is 0 Å². The van der Waals surface area contributed by atoms with Crippen LogP contribution in [0.2, 0.25) is 10.0 Å². The molecule has 0 saturated carbocycles. The average Bonchev–Trinajstić information content (AvgIpc) is 2.88. The number of benzene rings is 4. The van der Waals surface area contributed by atoms with E-state index < -0.39 is 11.9 Å². The summed E-state index contributed by atoms with van der Waals surface area (Å²) in [6, 6.07) is 26.3. The van der Waals surface area contributed by atoms with E-state index in [1.54, 1.807) is 6.07 Å². The van der Waals surface area contributed by atoms with Crippen LogP contribution in [0.3, 0.4) is 0 Å². The first-order valence-electron chi connectivity index (χ1n) is 10.9. The number of halogens is 2. The number of nitrogens with one attached hydrogen (secondary N) is 1. The summed E-state index contributed by atoms with van der Waals surface area (Å²) in [5.41, 5.74) is 2.08. The van der Waals surface area contributed by atoms with Crippen LogP contribution < -0.4 is 38.8 Å². The van der Waals surface area contributed by atoms with Crippen molar-refractivity contribution in [2.75, 3.05) is 18.5 Å². The molecule has 6 nitrogen and oxygen atoms in total. The van der Waals surface area contributed by atoms with E-state index in [0.29, 0.717) is 16.5 Å². The van der Waals surface area contributed by atoms with E-state index in [4.69, 9.17) is 32.7 Å². The molecule has 1 amide bonds. The maximum atomic E-state index is 12.6. The molecule has 0 unspecified atom stereocenters. The van der Waals surface area contributed by atoms with Crippen molar-refractivity contribution in [2.24, 2.45) is 0 Å². The topological polar surface area (TPSA) is 87.7 Å². The number of carboxylic acids is 1. The number of rotatable bonds is 9. The van der Waals surface area contributed by atoms with Gasteiger partial charge in [-0.1, -0.05) is 65.7 Å². The minimum atomic E-state index is -1.47. The maximum absolute atomic E-state index is 12.6. The molecular weight excluding hydrogens is 508 g/mol. The molecule has 1 N–H and O–H groups in total. The molecule has 0 bridgehead atoms. The molecule has 4 rings (SSSR count). The zero-order valence-corrected chi connectivity index (χ0v) is 21.4. The third-order valence-electron chi connectivity index (χ3n) is 5.20. The number of hydrogen-bond acceptors (Lipinski definition) is 5. The van der Waals surface area contributed by atoms with Crippen LogP contribution >= 0.6 is 23.2 Å². The summed E-state index contributed by atoms with van der Waals surface area (Å²) in [6.07, 6.45) is 0. The number of carboxylic acid groups (broad SMARTS) is 1. The van der Waals surface area contributed by atoms with Crippen molar-refractivity contribution >= 4 is 40.8 Å². The Hall–Kier alpha value is -3.40. The fraction of sp³-hybridized carbons (Fsp3) is 0.0714. The van der Waals surface area contributed by atoms with Crippen molar-refractivity contribution in [2.45, 2.75) is 0 Å². The van der Waals surface area contributed by atoms with E-state index in [1.165, 1.54) is 30.3 Å². The average molecular weight is 528 g/mol. The summed E-state index contributed by atoms with van der Waals surface area (Å²) in [5, 5.41) is 14.7. The summed E-state index contributed by atoms with van der Waals surface area (Å²) in [6.45, 7) is 0.417. The van der Waals surface area contributed by atoms with E-state index in [1.807, 2.05) is 54.6 Å². The number of amides is 1. The summed E-state index contributed by atoms with van der Waals surface area (Å²) < 4.78 is 11.4. The SMILES string of the molecule is O=C(Nc1ccc(OCCOc2cccc(-c3ccccc3)c2)cc1C(=O)[O-])c1ccc(Cl)cc1Cl.[Li+]. The Balaban J connectivity index is 0.00000380. The number of ether oxygens (including phenoxy) is 2. The zero-order valence-electron chi connectivity index (χ0n) is 19.9. The molecule has 0 radical (unpaired) electrons. The van der Waals surface area contributed by atoms with Gasteiger partial charge >= 0.3 is 18.9 Å². The molecule has 0 saturated heterocycles. The molecule has 0 aliphatic rings. The van der Waals surface area contributed by atoms with Crippen molar-refractivity contribution in [3.8, 4) is 22.6 Å². The maximum Gasteiger partial charge on any atom is 1.00 e. The van der Waals surface area contributed by atoms with Gasteiger partial charge < -0.3 is 24.7 Å². The van der Waals surface area contributed by atoms with Crippen LogP contribution in [0.1, 0.15) is 20.7 Å². The number of anilines is 1. The molecule has 0 aliphatic heterocycles. The van der Waals surface area contributed by atoms with Gasteiger partial charge in [-0.3, -0.25) is 4.79 Å². The van der Waals surface area contributed by atoms with Crippen LogP contribution in [0.5, 0.6) is 11.5 Å². The number of hydrogen-bond donors (Lipinski definition) is 1. The molecule has 0 atom stereocenters. The molecule has 0 spiro atoms. The van der Waals surface area contributed by atoms with Gasteiger partial charge in [0.1, 0.15) is 24.7 Å². The van der Waals surface area contributed by atoms with Crippen LogP contribution in [-0.4, -0.2) is 25.1 Å². The zero-order chi connectivity index (χ0) is 25.5. The van der Waals surface area contributed by atoms with Gasteiger partial charge in [0.15, 0.2) is 0 Å². The Morgan fingerprint density at radius 1 is 0.730 bits per heavy atom. The number of carbonyl (C=O) groups excluding carboxylic acids is 2. The van der Waals surface area contributed by atoms with Crippen molar-refractivity contribution in [1.29, 1.82) is 0 Å². The molecule has 9 heteroatoms. The molecule has 37 heavy (non-hydrogen) atoms. The molecule has 0 fully saturated rings. The van der Waals surface area contributed by atoms with Gasteiger partial charge in [-0.2, -0.15) is 0 Å². The third kappa shape index (κ3) is 7.55. The smallest absolute Gasteiger partial charge is 0.545 e. The van der Waals surface area contributed by atoms with Crippen LogP contribution in [0.15, 0.2) is 91.0 Å². The normalized spacial score (nSPS) is 10.2. The van der Waals surface area contributed by atoms with E-state index in [9.17, 15) is 14.7 Å². The molecule has 0 aromatic heterocycles. The quantitative estimate of drug-likeness (QED) is 0.267. The van der Waals surface area contributed by atoms with E-state index in [-0.39, 0.29) is 53.9 Å². The predicted octanol–water partition coefficient (Wildman–Crippen LogP) is 2.74. The van der Waals surface area contributed by atoms with Gasteiger partial charge in [0.25, 0.3) is 5.91 Å².